The molecule has 0 atom stereocenters. The van der Waals surface area contributed by atoms with Crippen LogP contribution in [-0.2, 0) is 4.74 Å². The van der Waals surface area contributed by atoms with Crippen LogP contribution in [0.1, 0.15) is 28.8 Å². The zero-order valence-electron chi connectivity index (χ0n) is 15.9. The van der Waals surface area contributed by atoms with Crippen LogP contribution in [0.5, 0.6) is 0 Å². The van der Waals surface area contributed by atoms with E-state index in [1.807, 2.05) is 11.8 Å². The molecule has 0 bridgehead atoms. The van der Waals surface area contributed by atoms with E-state index in [-0.39, 0.29) is 17.3 Å². The number of carbonyl (C=O) groups is 1. The van der Waals surface area contributed by atoms with Gasteiger partial charge in [-0.15, -0.1) is 5.10 Å². The molecule has 0 unspecified atom stereocenters. The fraction of sp³-hybridized carbons (Fsp3) is 0.400. The highest BCUT2D eigenvalue weighted by atomic mass is 35.5. The van der Waals surface area contributed by atoms with Crippen molar-refractivity contribution in [1.82, 2.24) is 19.7 Å². The molecule has 3 aromatic rings. The number of aryl methyl sites for hydroxylation is 1. The Kier molecular flexibility index (Phi) is 4.40. The Morgan fingerprint density at radius 1 is 1.28 bits per heavy atom. The van der Waals surface area contributed by atoms with Gasteiger partial charge in [-0.1, -0.05) is 11.6 Å². The SMILES string of the molecule is Cc1cc(Cl)cc(C(=O)C2CC2)c1-n1cc2c(=O)[nH]c(N3CCOCC3)nc2n1. The fourth-order valence-corrected chi connectivity index (χ4v) is 4.01. The lowest BCUT2D eigenvalue weighted by Crippen LogP contribution is -2.38. The number of fused-ring (bicyclic) bond motifs is 1. The predicted octanol–water partition coefficient (Wildman–Crippen LogP) is 2.50. The third-order valence-corrected chi connectivity index (χ3v) is 5.61. The summed E-state index contributed by atoms with van der Waals surface area (Å²) in [7, 11) is 0. The molecule has 0 spiro atoms. The number of aromatic amines is 1. The Morgan fingerprint density at radius 3 is 2.76 bits per heavy atom. The lowest BCUT2D eigenvalue weighted by Gasteiger charge is -2.26. The lowest BCUT2D eigenvalue weighted by molar-refractivity contribution is 0.0967. The van der Waals surface area contributed by atoms with E-state index in [2.05, 4.69) is 15.1 Å². The first-order chi connectivity index (χ1) is 14.0. The minimum Gasteiger partial charge on any atom is -0.378 e. The van der Waals surface area contributed by atoms with Gasteiger partial charge in [0, 0.05) is 35.8 Å². The van der Waals surface area contributed by atoms with Gasteiger partial charge in [-0.25, -0.2) is 4.68 Å². The molecule has 2 aromatic heterocycles. The number of benzene rings is 1. The Hall–Kier alpha value is -2.71. The second-order valence-corrected chi connectivity index (χ2v) is 7.99. The summed E-state index contributed by atoms with van der Waals surface area (Å²) in [6.45, 7) is 4.38. The molecule has 1 aliphatic heterocycles. The molecular formula is C20H20ClN5O3. The molecule has 5 rings (SSSR count). The highest BCUT2D eigenvalue weighted by Gasteiger charge is 2.33. The topological polar surface area (TPSA) is 93.1 Å². The Bertz CT molecular complexity index is 1170. The molecule has 2 aliphatic rings. The van der Waals surface area contributed by atoms with E-state index in [0.29, 0.717) is 59.6 Å². The highest BCUT2D eigenvalue weighted by Crippen LogP contribution is 2.36. The highest BCUT2D eigenvalue weighted by molar-refractivity contribution is 6.31. The Labute approximate surface area is 171 Å². The first-order valence-electron chi connectivity index (χ1n) is 9.68. The van der Waals surface area contributed by atoms with Crippen molar-refractivity contribution in [1.29, 1.82) is 0 Å². The minimum atomic E-state index is -0.260. The van der Waals surface area contributed by atoms with Crippen molar-refractivity contribution in [2.45, 2.75) is 19.8 Å². The molecule has 0 amide bonds. The van der Waals surface area contributed by atoms with Crippen LogP contribution in [0.2, 0.25) is 5.02 Å². The summed E-state index contributed by atoms with van der Waals surface area (Å²) in [5.74, 6) is 0.602. The summed E-state index contributed by atoms with van der Waals surface area (Å²) in [6.07, 6.45) is 3.42. The van der Waals surface area contributed by atoms with Crippen LogP contribution in [0.3, 0.4) is 0 Å². The number of H-pyrrole nitrogens is 1. The number of ketones is 1. The van der Waals surface area contributed by atoms with E-state index in [4.69, 9.17) is 16.3 Å². The maximum atomic E-state index is 12.8. The van der Waals surface area contributed by atoms with E-state index in [1.54, 1.807) is 23.0 Å². The quantitative estimate of drug-likeness (QED) is 0.660. The molecule has 3 heterocycles. The predicted molar refractivity (Wildman–Crippen MR) is 109 cm³/mol. The van der Waals surface area contributed by atoms with Crippen LogP contribution < -0.4 is 10.5 Å². The smallest absolute Gasteiger partial charge is 0.263 e. The Morgan fingerprint density at radius 2 is 2.03 bits per heavy atom. The summed E-state index contributed by atoms with van der Waals surface area (Å²) >= 11 is 6.22. The van der Waals surface area contributed by atoms with Gasteiger partial charge < -0.3 is 9.64 Å². The fourth-order valence-electron chi connectivity index (χ4n) is 3.74. The van der Waals surface area contributed by atoms with Gasteiger partial charge in [0.25, 0.3) is 5.56 Å². The van der Waals surface area contributed by atoms with Gasteiger partial charge in [-0.3, -0.25) is 14.6 Å². The first-order valence-corrected chi connectivity index (χ1v) is 10.1. The van der Waals surface area contributed by atoms with Gasteiger partial charge in [0.05, 0.1) is 18.9 Å². The maximum Gasteiger partial charge on any atom is 0.263 e. The first kappa shape index (κ1) is 18.3. The number of hydrogen-bond donors (Lipinski definition) is 1. The number of nitrogens with one attached hydrogen (secondary N) is 1. The van der Waals surface area contributed by atoms with E-state index >= 15 is 0 Å². The number of nitrogens with zero attached hydrogens (tertiary/aromatic N) is 4. The molecule has 150 valence electrons. The summed E-state index contributed by atoms with van der Waals surface area (Å²) in [4.78, 5) is 34.9. The van der Waals surface area contributed by atoms with Crippen LogP contribution >= 0.6 is 11.6 Å². The van der Waals surface area contributed by atoms with Gasteiger partial charge in [0.15, 0.2) is 11.4 Å². The van der Waals surface area contributed by atoms with Gasteiger partial charge >= 0.3 is 0 Å². The zero-order chi connectivity index (χ0) is 20.1. The largest absolute Gasteiger partial charge is 0.378 e. The normalized spacial score (nSPS) is 17.1. The van der Waals surface area contributed by atoms with Crippen LogP contribution in [0.4, 0.5) is 5.95 Å². The lowest BCUT2D eigenvalue weighted by atomic mass is 10.0. The number of Topliss-reactive ketones (excluding diaryl/α,β-unsaturated/α-hetero) is 1. The number of rotatable bonds is 4. The number of morpholine rings is 1. The van der Waals surface area contributed by atoms with E-state index in [0.717, 1.165) is 18.4 Å². The van der Waals surface area contributed by atoms with Gasteiger partial charge in [-0.05, 0) is 37.5 Å². The van der Waals surface area contributed by atoms with E-state index < -0.39 is 0 Å². The second-order valence-electron chi connectivity index (χ2n) is 7.56. The van der Waals surface area contributed by atoms with Crippen molar-refractivity contribution in [3.8, 4) is 5.69 Å². The van der Waals surface area contributed by atoms with Crippen molar-refractivity contribution in [2.75, 3.05) is 31.2 Å². The number of hydrogen-bond acceptors (Lipinski definition) is 6. The monoisotopic (exact) mass is 413 g/mol. The molecule has 1 aliphatic carbocycles. The molecule has 9 heteroatoms. The van der Waals surface area contributed by atoms with Crippen LogP contribution in [0.15, 0.2) is 23.1 Å². The molecule has 1 N–H and O–H groups in total. The molecule has 1 saturated carbocycles. The van der Waals surface area contributed by atoms with Crippen molar-refractivity contribution < 1.29 is 9.53 Å². The number of ether oxygens (including phenoxy) is 1. The molecule has 2 fully saturated rings. The zero-order valence-corrected chi connectivity index (χ0v) is 16.7. The van der Waals surface area contributed by atoms with Crippen molar-refractivity contribution in [2.24, 2.45) is 5.92 Å². The molecule has 1 aromatic carbocycles. The number of carbonyl (C=O) groups excluding carboxylic acids is 1. The molecule has 8 nitrogen and oxygen atoms in total. The summed E-state index contributed by atoms with van der Waals surface area (Å²) < 4.78 is 6.94. The third-order valence-electron chi connectivity index (χ3n) is 5.40. The minimum absolute atomic E-state index is 0.0473. The maximum absolute atomic E-state index is 12.8. The number of halogens is 1. The van der Waals surface area contributed by atoms with Crippen molar-refractivity contribution in [3.63, 3.8) is 0 Å². The van der Waals surface area contributed by atoms with Crippen LogP contribution in [0, 0.1) is 12.8 Å². The third kappa shape index (κ3) is 3.32. The summed E-state index contributed by atoms with van der Waals surface area (Å²) in [5.41, 5.74) is 2.09. The molecule has 1 saturated heterocycles. The van der Waals surface area contributed by atoms with Gasteiger partial charge in [-0.2, -0.15) is 4.98 Å². The average Bonchev–Trinajstić information content (AvgIpc) is 3.47. The Balaban J connectivity index is 1.63. The number of aromatic nitrogens is 4. The summed E-state index contributed by atoms with van der Waals surface area (Å²) in [6, 6.07) is 3.48. The summed E-state index contributed by atoms with van der Waals surface area (Å²) in [5, 5.41) is 5.43. The molecular weight excluding hydrogens is 394 g/mol. The van der Waals surface area contributed by atoms with E-state index in [1.165, 1.54) is 0 Å². The average molecular weight is 414 g/mol. The second kappa shape index (κ2) is 6.96. The van der Waals surface area contributed by atoms with Gasteiger partial charge in [0.1, 0.15) is 5.39 Å². The molecule has 0 radical (unpaired) electrons. The number of anilines is 1. The van der Waals surface area contributed by atoms with Crippen molar-refractivity contribution in [3.05, 3.63) is 44.8 Å². The molecule has 29 heavy (non-hydrogen) atoms. The van der Waals surface area contributed by atoms with Gasteiger partial charge in [0.2, 0.25) is 5.95 Å². The van der Waals surface area contributed by atoms with Crippen molar-refractivity contribution >= 4 is 34.4 Å². The van der Waals surface area contributed by atoms with Crippen LogP contribution in [0.25, 0.3) is 16.7 Å². The standard InChI is InChI=1S/C20H20ClN5O3/c1-11-8-13(21)9-14(17(27)12-2-3-12)16(11)26-10-15-18(24-26)22-20(23-19(15)28)25-4-6-29-7-5-25/h8-10,12H,2-7H2,1H3,(H,22,23,24,28). The van der Waals surface area contributed by atoms with Crippen LogP contribution in [-0.4, -0.2) is 51.8 Å². The van der Waals surface area contributed by atoms with E-state index in [9.17, 15) is 9.59 Å².